The molecule has 0 bridgehead atoms. The fraction of sp³-hybridized carbons (Fsp3) is 0.115. The Bertz CT molecular complexity index is 3830. The van der Waals surface area contributed by atoms with E-state index in [4.69, 9.17) is 32.7 Å². The second kappa shape index (κ2) is 25.0. The number of anilines is 1. The number of hydrogen-bond donors (Lipinski definition) is 4. The molecule has 23 heteroatoms. The van der Waals surface area contributed by atoms with E-state index in [-0.39, 0.29) is 98.5 Å². The summed E-state index contributed by atoms with van der Waals surface area (Å²) in [4.78, 5) is 16.2. The predicted octanol–water partition coefficient (Wildman–Crippen LogP) is 11.5. The summed E-state index contributed by atoms with van der Waals surface area (Å²) in [5.74, 6) is -1.88. The Labute approximate surface area is 481 Å². The van der Waals surface area contributed by atoms with Crippen molar-refractivity contribution in [3.63, 3.8) is 0 Å². The fourth-order valence-corrected chi connectivity index (χ4v) is 9.37. The maximum Gasteiger partial charge on any atom is 2.00 e. The van der Waals surface area contributed by atoms with Crippen molar-refractivity contribution in [3.8, 4) is 23.0 Å². The number of amides is 1. The van der Waals surface area contributed by atoms with Crippen LogP contribution in [0, 0.1) is 0 Å². The van der Waals surface area contributed by atoms with Gasteiger partial charge in [0.15, 0.2) is 5.75 Å². The van der Waals surface area contributed by atoms with Crippen molar-refractivity contribution in [1.29, 1.82) is 0 Å². The number of para-hydroxylation sites is 4. The Kier molecular flexibility index (Phi) is 19.3. The number of carbonyl (C=O) groups excluding carboxylic acids is 1. The van der Waals surface area contributed by atoms with Crippen molar-refractivity contribution in [3.05, 3.63) is 166 Å². The molecule has 0 atom stereocenters. The van der Waals surface area contributed by atoms with Gasteiger partial charge >= 0.3 is 48.9 Å². The van der Waals surface area contributed by atoms with Crippen LogP contribution in [-0.4, -0.2) is 106 Å². The first-order valence-corrected chi connectivity index (χ1v) is 25.7. The first-order valence-electron chi connectivity index (χ1n) is 22.0. The Balaban J connectivity index is 0.000000241. The van der Waals surface area contributed by atoms with Gasteiger partial charge in [0, 0.05) is 20.8 Å². The molecule has 0 aliphatic carbocycles. The Morgan fingerprint density at radius 1 is 0.613 bits per heavy atom. The number of hydrogen-bond acceptors (Lipinski definition) is 15. The van der Waals surface area contributed by atoms with Gasteiger partial charge in [-0.3, -0.25) is 18.9 Å². The molecule has 0 aliphatic heterocycles. The van der Waals surface area contributed by atoms with E-state index in [2.05, 4.69) is 30.8 Å². The average molecular weight is 1220 g/mol. The zero-order valence-corrected chi connectivity index (χ0v) is 47.7. The van der Waals surface area contributed by atoms with Gasteiger partial charge in [0.05, 0.1) is 31.2 Å². The normalized spacial score (nSPS) is 11.9. The summed E-state index contributed by atoms with van der Waals surface area (Å²) >= 11 is 12.5. The number of azo groups is 2. The molecule has 0 spiro atoms. The van der Waals surface area contributed by atoms with Crippen molar-refractivity contribution in [1.82, 2.24) is 0 Å². The van der Waals surface area contributed by atoms with E-state index in [9.17, 15) is 46.1 Å². The molecule has 0 unspecified atom stereocenters. The van der Waals surface area contributed by atoms with Gasteiger partial charge in [-0.25, -0.2) is 0 Å². The van der Waals surface area contributed by atoms with Gasteiger partial charge in [-0.05, 0) is 107 Å². The molecule has 0 aromatic heterocycles. The molecule has 0 heterocycles. The molecule has 18 nitrogen and oxygen atoms in total. The van der Waals surface area contributed by atoms with Gasteiger partial charge in [0.25, 0.3) is 26.1 Å². The summed E-state index contributed by atoms with van der Waals surface area (Å²) < 4.78 is 77.8. The summed E-state index contributed by atoms with van der Waals surface area (Å²) in [7, 11) is -6.42. The molecule has 0 aliphatic rings. The molecule has 75 heavy (non-hydrogen) atoms. The molecule has 8 aromatic carbocycles. The number of nitrogens with zero attached hydrogens (tertiary/aromatic N) is 5. The number of methoxy groups -OCH3 is 2. The Morgan fingerprint density at radius 2 is 1.07 bits per heavy atom. The molecule has 1 amide bonds. The number of aliphatic imine (C=N–C) groups is 1. The number of phenolic OH excluding ortho intramolecular Hbond substituents is 1. The molecule has 0 saturated carbocycles. The number of ether oxygens (including phenoxy) is 2. The quantitative estimate of drug-likeness (QED) is 0.0260. The van der Waals surface area contributed by atoms with E-state index in [1.807, 2.05) is 0 Å². The van der Waals surface area contributed by atoms with Crippen LogP contribution in [0.25, 0.3) is 21.5 Å². The third kappa shape index (κ3) is 13.3. The van der Waals surface area contributed by atoms with Gasteiger partial charge in [-0.2, -0.15) is 21.9 Å². The predicted molar refractivity (Wildman–Crippen MR) is 285 cm³/mol. The summed E-state index contributed by atoms with van der Waals surface area (Å²) in [6.07, 6.45) is 0.835. The van der Waals surface area contributed by atoms with E-state index < -0.39 is 53.3 Å². The largest absolute Gasteiger partial charge is 2.00 e. The molecular weight excluding hydrogens is 1170 g/mol. The van der Waals surface area contributed by atoms with Crippen LogP contribution in [0.15, 0.2) is 169 Å². The molecule has 8 rings (SSSR count). The number of benzene rings is 8. The zero-order valence-electron chi connectivity index (χ0n) is 40.1. The summed E-state index contributed by atoms with van der Waals surface area (Å²) in [6, 6.07) is 34.8. The minimum atomic E-state index is -4.67. The summed E-state index contributed by atoms with van der Waals surface area (Å²) in [5, 5.41) is 58.6. The molecule has 0 saturated heterocycles. The maximum atomic E-state index is 13.4. The Morgan fingerprint density at radius 3 is 1.59 bits per heavy atom. The van der Waals surface area contributed by atoms with Crippen LogP contribution in [0.1, 0.15) is 40.9 Å². The second-order valence-electron chi connectivity index (χ2n) is 15.8. The smallest absolute Gasteiger partial charge is 0.871 e. The Hall–Kier alpha value is -6.41. The van der Waals surface area contributed by atoms with E-state index >= 15 is 0 Å². The zero-order chi connectivity index (χ0) is 53.5. The molecule has 0 radical (unpaired) electrons. The SMILES string of the molecule is CCc1cc(S(=O)(=O)O)c(N=Nc2c(O)c(C(=O)Nc3ccccc3OC)cc3ccccc23)cc1Cl.CCc1cc(S(=O)(=O)O)c(N=Nc2c([O-])c(C([O-])=Nc3ccccc3OC)cc3ccccc23)cc1Cl.[Ba+2]. The summed E-state index contributed by atoms with van der Waals surface area (Å²) in [5.41, 5.74) is 0.518. The van der Waals surface area contributed by atoms with Crippen molar-refractivity contribution in [2.45, 2.75) is 36.5 Å². The van der Waals surface area contributed by atoms with Crippen molar-refractivity contribution in [2.24, 2.45) is 25.4 Å². The third-order valence-corrected chi connectivity index (χ3v) is 13.7. The van der Waals surface area contributed by atoms with Crippen LogP contribution in [0.4, 0.5) is 34.1 Å². The van der Waals surface area contributed by atoms with Crippen LogP contribution in [-0.2, 0) is 33.1 Å². The number of fused-ring (bicyclic) bond motifs is 2. The van der Waals surface area contributed by atoms with Crippen molar-refractivity contribution in [2.75, 3.05) is 19.5 Å². The van der Waals surface area contributed by atoms with Gasteiger partial charge in [-0.15, -0.1) is 15.3 Å². The second-order valence-corrected chi connectivity index (χ2v) is 19.4. The van der Waals surface area contributed by atoms with Gasteiger partial charge in [-0.1, -0.05) is 116 Å². The number of nitrogens with one attached hydrogen (secondary N) is 1. The summed E-state index contributed by atoms with van der Waals surface area (Å²) in [6.45, 7) is 3.55. The van der Waals surface area contributed by atoms with Crippen LogP contribution in [0.3, 0.4) is 0 Å². The number of aromatic hydroxyl groups is 1. The third-order valence-electron chi connectivity index (χ3n) is 11.2. The topological polar surface area (TPSA) is 284 Å². The molecular formula is C52H42BaCl2N6O12S2. The first kappa shape index (κ1) is 57.9. The number of aryl methyl sites for hydroxylation is 2. The monoisotopic (exact) mass is 1210 g/mol. The minimum Gasteiger partial charge on any atom is -0.871 e. The van der Waals surface area contributed by atoms with Crippen LogP contribution in [0.2, 0.25) is 10.0 Å². The van der Waals surface area contributed by atoms with Crippen molar-refractivity contribution >= 4 is 160 Å². The van der Waals surface area contributed by atoms with E-state index in [1.165, 1.54) is 50.6 Å². The number of rotatable bonds is 14. The maximum absolute atomic E-state index is 13.4. The average Bonchev–Trinajstić information content (AvgIpc) is 3.37. The van der Waals surface area contributed by atoms with E-state index in [1.54, 1.807) is 111 Å². The molecule has 4 N–H and O–H groups in total. The van der Waals surface area contributed by atoms with Crippen LogP contribution < -0.4 is 25.0 Å². The van der Waals surface area contributed by atoms with Gasteiger partial charge in [0.2, 0.25) is 0 Å². The number of halogens is 2. The minimum absolute atomic E-state index is 0. The number of carbonyl (C=O) groups is 1. The van der Waals surface area contributed by atoms with Gasteiger partial charge in [0.1, 0.15) is 44.0 Å². The van der Waals surface area contributed by atoms with Gasteiger partial charge < -0.3 is 30.1 Å². The van der Waals surface area contributed by atoms with Crippen LogP contribution in [0.5, 0.6) is 23.0 Å². The van der Waals surface area contributed by atoms with Crippen LogP contribution >= 0.6 is 23.2 Å². The van der Waals surface area contributed by atoms with E-state index in [0.29, 0.717) is 62.7 Å². The number of phenols is 1. The van der Waals surface area contributed by atoms with E-state index in [0.717, 1.165) is 0 Å². The standard InChI is InChI=1S/2C26H22ClN3O6S.Ba/c2*1-3-15-13-23(37(33,34)35)21(14-19(15)27)29-30-24-17-9-5-4-8-16(17)12-18(25(24)31)26(32)28-20-10-6-7-11-22(20)36-2;/h2*4-14,31H,3H2,1-2H3,(H,28,32)(H,33,34,35);/q;;+2/p-2. The molecule has 380 valence electrons. The molecule has 0 fully saturated rings. The molecule has 8 aromatic rings. The fourth-order valence-electron chi connectivity index (χ4n) is 7.48. The first-order chi connectivity index (χ1) is 35.3. The van der Waals surface area contributed by atoms with Crippen molar-refractivity contribution < 1.29 is 55.5 Å².